The zero-order valence-electron chi connectivity index (χ0n) is 17.2. The normalized spacial score (nSPS) is 10.9. The Balaban J connectivity index is 1.30. The van der Waals surface area contributed by atoms with Crippen molar-refractivity contribution in [2.24, 2.45) is 0 Å². The Bertz CT molecular complexity index is 1140. The molecule has 7 nitrogen and oxygen atoms in total. The van der Waals surface area contributed by atoms with E-state index < -0.39 is 5.97 Å². The topological polar surface area (TPSA) is 90.1 Å². The van der Waals surface area contributed by atoms with Gasteiger partial charge in [0, 0.05) is 17.5 Å². The Kier molecular flexibility index (Phi) is 6.37. The van der Waals surface area contributed by atoms with Crippen LogP contribution in [0.4, 0.5) is 5.13 Å². The number of anilines is 1. The number of rotatable bonds is 8. The van der Waals surface area contributed by atoms with E-state index in [2.05, 4.69) is 34.3 Å². The Morgan fingerprint density at radius 1 is 1.10 bits per heavy atom. The number of hydrogen-bond acceptors (Lipinski definition) is 8. The molecule has 2 aromatic heterocycles. The first kappa shape index (κ1) is 20.7. The van der Waals surface area contributed by atoms with Crippen LogP contribution in [0.15, 0.2) is 64.5 Å². The number of esters is 1. The van der Waals surface area contributed by atoms with Crippen LogP contribution in [-0.2, 0) is 17.9 Å². The third-order valence-corrected chi connectivity index (χ3v) is 5.43. The molecule has 0 aliphatic rings. The Labute approximate surface area is 184 Å². The van der Waals surface area contributed by atoms with E-state index >= 15 is 0 Å². The second-order valence-corrected chi connectivity index (χ2v) is 8.10. The van der Waals surface area contributed by atoms with Crippen molar-refractivity contribution in [2.45, 2.75) is 32.9 Å². The third-order valence-electron chi connectivity index (χ3n) is 4.63. The summed E-state index contributed by atoms with van der Waals surface area (Å²) in [6.45, 7) is 4.80. The van der Waals surface area contributed by atoms with Crippen molar-refractivity contribution in [3.8, 4) is 11.4 Å². The van der Waals surface area contributed by atoms with Gasteiger partial charge in [-0.3, -0.25) is 0 Å². The molecule has 8 heteroatoms. The first-order valence-electron chi connectivity index (χ1n) is 9.92. The molecule has 31 heavy (non-hydrogen) atoms. The summed E-state index contributed by atoms with van der Waals surface area (Å²) in [5.74, 6) is 0.607. The number of ether oxygens (including phenoxy) is 1. The van der Waals surface area contributed by atoms with Crippen LogP contribution in [0, 0.1) is 0 Å². The van der Waals surface area contributed by atoms with Gasteiger partial charge in [0.1, 0.15) is 0 Å². The summed E-state index contributed by atoms with van der Waals surface area (Å²) >= 11 is 1.35. The van der Waals surface area contributed by atoms with Crippen LogP contribution in [0.5, 0.6) is 0 Å². The highest BCUT2D eigenvalue weighted by Gasteiger charge is 2.15. The Morgan fingerprint density at radius 3 is 2.61 bits per heavy atom. The lowest BCUT2D eigenvalue weighted by molar-refractivity contribution is 0.0424. The summed E-state index contributed by atoms with van der Waals surface area (Å²) < 4.78 is 10.5. The molecule has 0 aliphatic carbocycles. The summed E-state index contributed by atoms with van der Waals surface area (Å²) in [6, 6.07) is 18.0. The Morgan fingerprint density at radius 2 is 1.87 bits per heavy atom. The fourth-order valence-electron chi connectivity index (χ4n) is 2.87. The first-order valence-corrected chi connectivity index (χ1v) is 10.8. The van der Waals surface area contributed by atoms with Crippen molar-refractivity contribution in [2.75, 3.05) is 5.32 Å². The maximum absolute atomic E-state index is 12.3. The van der Waals surface area contributed by atoms with Crippen LogP contribution < -0.4 is 5.32 Å². The quantitative estimate of drug-likeness (QED) is 0.377. The highest BCUT2D eigenvalue weighted by Crippen LogP contribution is 2.21. The number of thiazole rings is 1. The summed E-state index contributed by atoms with van der Waals surface area (Å²) in [5, 5.41) is 9.48. The molecule has 0 saturated heterocycles. The molecular weight excluding hydrogens is 412 g/mol. The van der Waals surface area contributed by atoms with Crippen LogP contribution in [0.3, 0.4) is 0 Å². The highest BCUT2D eigenvalue weighted by atomic mass is 32.1. The molecule has 0 unspecified atom stereocenters. The average molecular weight is 435 g/mol. The maximum Gasteiger partial charge on any atom is 0.358 e. The third kappa shape index (κ3) is 5.35. The smallest absolute Gasteiger partial charge is 0.358 e. The van der Waals surface area contributed by atoms with Crippen LogP contribution in [-0.4, -0.2) is 21.1 Å². The average Bonchev–Trinajstić information content (AvgIpc) is 3.47. The molecule has 2 heterocycles. The van der Waals surface area contributed by atoms with Gasteiger partial charge in [-0.15, -0.1) is 11.3 Å². The molecule has 158 valence electrons. The van der Waals surface area contributed by atoms with Gasteiger partial charge in [-0.25, -0.2) is 9.78 Å². The molecule has 0 atom stereocenters. The number of carbonyl (C=O) groups excluding carboxylic acids is 1. The van der Waals surface area contributed by atoms with Gasteiger partial charge < -0.3 is 14.6 Å². The molecule has 0 radical (unpaired) electrons. The predicted octanol–water partition coefficient (Wildman–Crippen LogP) is 5.29. The predicted molar refractivity (Wildman–Crippen MR) is 119 cm³/mol. The van der Waals surface area contributed by atoms with E-state index in [1.165, 1.54) is 16.9 Å². The molecule has 4 rings (SSSR count). The summed E-state index contributed by atoms with van der Waals surface area (Å²) in [5.41, 5.74) is 3.46. The van der Waals surface area contributed by atoms with Gasteiger partial charge in [0.05, 0.1) is 0 Å². The van der Waals surface area contributed by atoms with Crippen LogP contribution in [0.2, 0.25) is 0 Å². The molecule has 0 fully saturated rings. The minimum atomic E-state index is -0.537. The fourth-order valence-corrected chi connectivity index (χ4v) is 3.55. The van der Waals surface area contributed by atoms with E-state index in [1.807, 2.05) is 54.6 Å². The van der Waals surface area contributed by atoms with E-state index in [1.54, 1.807) is 5.38 Å². The van der Waals surface area contributed by atoms with E-state index in [9.17, 15) is 4.79 Å². The summed E-state index contributed by atoms with van der Waals surface area (Å²) in [6.07, 6.45) is 0. The van der Waals surface area contributed by atoms with Gasteiger partial charge in [0.25, 0.3) is 5.89 Å². The summed E-state index contributed by atoms with van der Waals surface area (Å²) in [4.78, 5) is 20.9. The molecule has 0 amide bonds. The van der Waals surface area contributed by atoms with Gasteiger partial charge >= 0.3 is 5.97 Å². The zero-order chi connectivity index (χ0) is 21.6. The highest BCUT2D eigenvalue weighted by molar-refractivity contribution is 7.13. The van der Waals surface area contributed by atoms with Crippen molar-refractivity contribution < 1.29 is 14.1 Å². The van der Waals surface area contributed by atoms with Crippen molar-refractivity contribution in [1.29, 1.82) is 0 Å². The minimum absolute atomic E-state index is 0.111. The molecule has 2 aromatic carbocycles. The van der Waals surface area contributed by atoms with Gasteiger partial charge in [-0.1, -0.05) is 73.6 Å². The number of carbonyl (C=O) groups is 1. The lowest BCUT2D eigenvalue weighted by Gasteiger charge is -2.04. The van der Waals surface area contributed by atoms with Crippen molar-refractivity contribution >= 4 is 22.4 Å². The van der Waals surface area contributed by atoms with E-state index in [0.29, 0.717) is 23.4 Å². The SMILES string of the molecule is CC(C)c1ccc(-c2noc(COC(=O)c3csc(NCc4ccccc4)n3)n2)cc1. The largest absolute Gasteiger partial charge is 0.451 e. The van der Waals surface area contributed by atoms with Crippen LogP contribution in [0.1, 0.15) is 47.3 Å². The first-order chi connectivity index (χ1) is 15.1. The Hall–Kier alpha value is -3.52. The van der Waals surface area contributed by atoms with Crippen molar-refractivity contribution in [3.05, 3.63) is 82.7 Å². The molecule has 1 N–H and O–H groups in total. The number of aromatic nitrogens is 3. The molecular formula is C23H22N4O3S. The van der Waals surface area contributed by atoms with Gasteiger partial charge in [0.15, 0.2) is 17.4 Å². The van der Waals surface area contributed by atoms with E-state index in [0.717, 1.165) is 11.1 Å². The maximum atomic E-state index is 12.3. The lowest BCUT2D eigenvalue weighted by Crippen LogP contribution is -2.06. The van der Waals surface area contributed by atoms with E-state index in [4.69, 9.17) is 9.26 Å². The fraction of sp³-hybridized carbons (Fsp3) is 0.217. The molecule has 0 spiro atoms. The summed E-state index contributed by atoms with van der Waals surface area (Å²) in [7, 11) is 0. The minimum Gasteiger partial charge on any atom is -0.451 e. The van der Waals surface area contributed by atoms with Crippen LogP contribution in [0.25, 0.3) is 11.4 Å². The van der Waals surface area contributed by atoms with Crippen molar-refractivity contribution in [3.63, 3.8) is 0 Å². The second kappa shape index (κ2) is 9.53. The molecule has 4 aromatic rings. The standard InChI is InChI=1S/C23H22N4O3S/c1-15(2)17-8-10-18(11-9-17)21-26-20(30-27-21)13-29-22(28)19-14-31-23(25-19)24-12-16-6-4-3-5-7-16/h3-11,14-15H,12-13H2,1-2H3,(H,24,25). The second-order valence-electron chi connectivity index (χ2n) is 7.24. The van der Waals surface area contributed by atoms with E-state index in [-0.39, 0.29) is 18.2 Å². The van der Waals surface area contributed by atoms with Crippen LogP contribution >= 0.6 is 11.3 Å². The number of hydrogen-bond donors (Lipinski definition) is 1. The molecule has 0 aliphatic heterocycles. The zero-order valence-corrected chi connectivity index (χ0v) is 18.1. The molecule has 0 saturated carbocycles. The van der Waals surface area contributed by atoms with Gasteiger partial charge in [-0.05, 0) is 17.0 Å². The van der Waals surface area contributed by atoms with Gasteiger partial charge in [-0.2, -0.15) is 4.98 Å². The number of nitrogens with one attached hydrogen (secondary N) is 1. The molecule has 0 bridgehead atoms. The number of nitrogens with zero attached hydrogens (tertiary/aromatic N) is 3. The van der Waals surface area contributed by atoms with Crippen molar-refractivity contribution in [1.82, 2.24) is 15.1 Å². The number of benzene rings is 2. The monoisotopic (exact) mass is 434 g/mol. The van der Waals surface area contributed by atoms with Gasteiger partial charge in [0.2, 0.25) is 5.82 Å². The lowest BCUT2D eigenvalue weighted by atomic mass is 10.0.